The Morgan fingerprint density at radius 2 is 1.68 bits per heavy atom. The number of unbranched alkanes of at least 4 members (excludes halogenated alkanes) is 1. The van der Waals surface area contributed by atoms with Crippen LogP contribution in [0.4, 0.5) is 0 Å². The summed E-state index contributed by atoms with van der Waals surface area (Å²) in [6.07, 6.45) is 10.5. The number of rotatable bonds is 8. The topological polar surface area (TPSA) is 46.5 Å². The molecule has 0 aliphatic heterocycles. The molecule has 1 fully saturated rings. The number of hydrogen-bond acceptors (Lipinski definition) is 3. The Balaban J connectivity index is 0. The van der Waals surface area contributed by atoms with E-state index in [4.69, 9.17) is 4.74 Å². The number of esters is 1. The van der Waals surface area contributed by atoms with E-state index in [-0.39, 0.29) is 24.1 Å². The molecule has 0 saturated heterocycles. The second kappa shape index (κ2) is 18.2. The van der Waals surface area contributed by atoms with Crippen LogP contribution in [0.5, 0.6) is 0 Å². The number of carbonyl (C=O) groups is 1. The highest BCUT2D eigenvalue weighted by atomic mass is 16.5. The fraction of sp³-hybridized carbons (Fsp3) is 0.955. The maximum atomic E-state index is 11.5. The lowest BCUT2D eigenvalue weighted by molar-refractivity contribution is -0.153. The number of hydrogen-bond donors (Lipinski definition) is 1. The Hall–Kier alpha value is -0.570. The van der Waals surface area contributed by atoms with Crippen molar-refractivity contribution >= 4 is 5.97 Å². The molecule has 152 valence electrons. The standard InChI is InChI=1S/C13H26O3.C7H14.C2H6/c1-5-7-8-13(15)16-12(10(3)4)9-11(14)6-2;1-7-5-3-2-4-6-7;1-2/h10-12,14H,5-9H2,1-4H3;7H,2-6H2,1H3;1-2H3. The molecule has 1 N–H and O–H groups in total. The Morgan fingerprint density at radius 1 is 1.12 bits per heavy atom. The summed E-state index contributed by atoms with van der Waals surface area (Å²) in [4.78, 5) is 11.5. The molecular formula is C22H46O3. The van der Waals surface area contributed by atoms with E-state index in [1.165, 1.54) is 32.1 Å². The van der Waals surface area contributed by atoms with Crippen LogP contribution < -0.4 is 0 Å². The first-order valence-corrected chi connectivity index (χ1v) is 10.8. The number of aliphatic hydroxyl groups is 1. The summed E-state index contributed by atoms with van der Waals surface area (Å²) >= 11 is 0. The molecule has 0 aromatic heterocycles. The molecule has 0 heterocycles. The molecule has 2 unspecified atom stereocenters. The first-order chi connectivity index (χ1) is 11.9. The molecule has 0 aromatic carbocycles. The van der Waals surface area contributed by atoms with E-state index in [0.29, 0.717) is 19.3 Å². The Bertz CT molecular complexity index is 283. The molecule has 1 saturated carbocycles. The average molecular weight is 359 g/mol. The summed E-state index contributed by atoms with van der Waals surface area (Å²) in [5.74, 6) is 1.16. The van der Waals surface area contributed by atoms with E-state index in [1.807, 2.05) is 41.5 Å². The van der Waals surface area contributed by atoms with Gasteiger partial charge in [0.2, 0.25) is 0 Å². The first-order valence-electron chi connectivity index (χ1n) is 10.8. The molecule has 0 aromatic rings. The highest BCUT2D eigenvalue weighted by Gasteiger charge is 2.20. The number of carbonyl (C=O) groups excluding carboxylic acids is 1. The molecule has 1 aliphatic rings. The quantitative estimate of drug-likeness (QED) is 0.502. The van der Waals surface area contributed by atoms with Crippen molar-refractivity contribution in [3.63, 3.8) is 0 Å². The van der Waals surface area contributed by atoms with Crippen LogP contribution in [0.3, 0.4) is 0 Å². The monoisotopic (exact) mass is 358 g/mol. The van der Waals surface area contributed by atoms with Gasteiger partial charge < -0.3 is 9.84 Å². The van der Waals surface area contributed by atoms with E-state index in [9.17, 15) is 9.90 Å². The van der Waals surface area contributed by atoms with Gasteiger partial charge in [0.1, 0.15) is 6.10 Å². The Labute approximate surface area is 157 Å². The number of aliphatic hydroxyl groups excluding tert-OH is 1. The van der Waals surface area contributed by atoms with Gasteiger partial charge in [0.15, 0.2) is 0 Å². The lowest BCUT2D eigenvalue weighted by Crippen LogP contribution is -2.28. The SMILES string of the molecule is CC.CC1CCCCC1.CCCCC(=O)OC(CC(O)CC)C(C)C. The third kappa shape index (κ3) is 16.6. The molecular weight excluding hydrogens is 312 g/mol. The Morgan fingerprint density at radius 3 is 2.04 bits per heavy atom. The van der Waals surface area contributed by atoms with Gasteiger partial charge in [-0.05, 0) is 24.7 Å². The van der Waals surface area contributed by atoms with Gasteiger partial charge in [-0.1, -0.05) is 87.0 Å². The van der Waals surface area contributed by atoms with Crippen LogP contribution in [0.25, 0.3) is 0 Å². The molecule has 1 rings (SSSR count). The van der Waals surface area contributed by atoms with Crippen molar-refractivity contribution in [3.8, 4) is 0 Å². The minimum absolute atomic E-state index is 0.135. The average Bonchev–Trinajstić information content (AvgIpc) is 2.62. The zero-order valence-electron chi connectivity index (χ0n) is 18.1. The third-order valence-electron chi connectivity index (χ3n) is 4.63. The predicted octanol–water partition coefficient (Wildman–Crippen LogP) is 6.52. The third-order valence-corrected chi connectivity index (χ3v) is 4.63. The summed E-state index contributed by atoms with van der Waals surface area (Å²) in [6, 6.07) is 0. The molecule has 0 radical (unpaired) electrons. The van der Waals surface area contributed by atoms with Gasteiger partial charge in [-0.2, -0.15) is 0 Å². The largest absolute Gasteiger partial charge is 0.462 e. The van der Waals surface area contributed by atoms with E-state index in [2.05, 4.69) is 6.92 Å². The van der Waals surface area contributed by atoms with Gasteiger partial charge in [0.05, 0.1) is 6.10 Å². The van der Waals surface area contributed by atoms with Gasteiger partial charge in [-0.15, -0.1) is 0 Å². The zero-order chi connectivity index (χ0) is 19.7. The van der Waals surface area contributed by atoms with Crippen molar-refractivity contribution in [3.05, 3.63) is 0 Å². The van der Waals surface area contributed by atoms with Gasteiger partial charge in [-0.25, -0.2) is 0 Å². The molecule has 0 bridgehead atoms. The van der Waals surface area contributed by atoms with Gasteiger partial charge in [0.25, 0.3) is 0 Å². The minimum Gasteiger partial charge on any atom is -0.462 e. The van der Waals surface area contributed by atoms with Crippen LogP contribution in [0.1, 0.15) is 113 Å². The smallest absolute Gasteiger partial charge is 0.306 e. The molecule has 1 aliphatic carbocycles. The van der Waals surface area contributed by atoms with Crippen LogP contribution >= 0.6 is 0 Å². The molecule has 0 spiro atoms. The van der Waals surface area contributed by atoms with Crippen LogP contribution in [-0.4, -0.2) is 23.3 Å². The summed E-state index contributed by atoms with van der Waals surface area (Å²) in [6.45, 7) is 14.4. The highest BCUT2D eigenvalue weighted by molar-refractivity contribution is 5.69. The van der Waals surface area contributed by atoms with Crippen LogP contribution in [0.2, 0.25) is 0 Å². The second-order valence-electron chi connectivity index (χ2n) is 7.42. The van der Waals surface area contributed by atoms with Crippen molar-refractivity contribution in [2.45, 2.75) is 125 Å². The van der Waals surface area contributed by atoms with Crippen molar-refractivity contribution in [1.29, 1.82) is 0 Å². The van der Waals surface area contributed by atoms with E-state index in [1.54, 1.807) is 0 Å². The first kappa shape index (κ1) is 26.7. The summed E-state index contributed by atoms with van der Waals surface area (Å²) < 4.78 is 5.39. The highest BCUT2D eigenvalue weighted by Crippen LogP contribution is 2.22. The van der Waals surface area contributed by atoms with E-state index in [0.717, 1.165) is 18.8 Å². The van der Waals surface area contributed by atoms with Crippen molar-refractivity contribution in [1.82, 2.24) is 0 Å². The van der Waals surface area contributed by atoms with Crippen molar-refractivity contribution in [2.75, 3.05) is 0 Å². The molecule has 3 heteroatoms. The normalized spacial score (nSPS) is 16.8. The summed E-state index contributed by atoms with van der Waals surface area (Å²) in [5, 5.41) is 9.57. The lowest BCUT2D eigenvalue weighted by atomic mass is 9.91. The Kier molecular flexibility index (Phi) is 19.4. The second-order valence-corrected chi connectivity index (χ2v) is 7.42. The lowest BCUT2D eigenvalue weighted by Gasteiger charge is -2.23. The maximum absolute atomic E-state index is 11.5. The fourth-order valence-electron chi connectivity index (χ4n) is 2.75. The van der Waals surface area contributed by atoms with Crippen LogP contribution in [0, 0.1) is 11.8 Å². The fourth-order valence-corrected chi connectivity index (χ4v) is 2.75. The summed E-state index contributed by atoms with van der Waals surface area (Å²) in [7, 11) is 0. The van der Waals surface area contributed by atoms with Crippen molar-refractivity contribution in [2.24, 2.45) is 11.8 Å². The van der Waals surface area contributed by atoms with Gasteiger partial charge in [-0.3, -0.25) is 4.79 Å². The van der Waals surface area contributed by atoms with Gasteiger partial charge in [0, 0.05) is 12.8 Å². The van der Waals surface area contributed by atoms with Crippen molar-refractivity contribution < 1.29 is 14.6 Å². The number of ether oxygens (including phenoxy) is 1. The van der Waals surface area contributed by atoms with E-state index >= 15 is 0 Å². The maximum Gasteiger partial charge on any atom is 0.306 e. The molecule has 0 amide bonds. The van der Waals surface area contributed by atoms with Crippen LogP contribution in [0.15, 0.2) is 0 Å². The molecule has 3 nitrogen and oxygen atoms in total. The molecule has 25 heavy (non-hydrogen) atoms. The summed E-state index contributed by atoms with van der Waals surface area (Å²) in [5.41, 5.74) is 0. The molecule has 2 atom stereocenters. The minimum atomic E-state index is -0.369. The van der Waals surface area contributed by atoms with Crippen LogP contribution in [-0.2, 0) is 9.53 Å². The van der Waals surface area contributed by atoms with E-state index < -0.39 is 0 Å². The predicted molar refractivity (Wildman–Crippen MR) is 109 cm³/mol. The zero-order valence-corrected chi connectivity index (χ0v) is 18.1. The van der Waals surface area contributed by atoms with Gasteiger partial charge >= 0.3 is 5.97 Å².